The highest BCUT2D eigenvalue weighted by Crippen LogP contribution is 2.30. The Hall–Kier alpha value is -0.130. The summed E-state index contributed by atoms with van der Waals surface area (Å²) in [5.41, 5.74) is 0. The molecule has 1 saturated heterocycles. The van der Waals surface area contributed by atoms with E-state index in [0.29, 0.717) is 13.1 Å². The third-order valence-corrected chi connectivity index (χ3v) is 5.96. The van der Waals surface area contributed by atoms with Crippen LogP contribution >= 0.6 is 0 Å². The zero-order valence-corrected chi connectivity index (χ0v) is 9.75. The summed E-state index contributed by atoms with van der Waals surface area (Å²) in [4.78, 5) is 0. The molecule has 0 bridgehead atoms. The quantitative estimate of drug-likeness (QED) is 0.775. The van der Waals surface area contributed by atoms with E-state index in [2.05, 4.69) is 0 Å². The van der Waals surface area contributed by atoms with Gasteiger partial charge in [-0.1, -0.05) is 12.8 Å². The summed E-state index contributed by atoms with van der Waals surface area (Å²) < 4.78 is 25.9. The minimum Gasteiger partial charge on any atom is -0.396 e. The zero-order chi connectivity index (χ0) is 10.9. The summed E-state index contributed by atoms with van der Waals surface area (Å²) in [7, 11) is -3.06. The van der Waals surface area contributed by atoms with Gasteiger partial charge in [-0.2, -0.15) is 0 Å². The molecule has 1 aliphatic carbocycles. The lowest BCUT2D eigenvalue weighted by atomic mass is 10.1. The monoisotopic (exact) mass is 233 g/mol. The van der Waals surface area contributed by atoms with Crippen LogP contribution in [0, 0.1) is 5.92 Å². The van der Waals surface area contributed by atoms with Crippen LogP contribution in [0.25, 0.3) is 0 Å². The Balaban J connectivity index is 2.03. The molecule has 0 aromatic rings. The van der Waals surface area contributed by atoms with E-state index in [1.165, 1.54) is 0 Å². The molecule has 2 aliphatic rings. The summed E-state index contributed by atoms with van der Waals surface area (Å²) in [6.45, 7) is 1.23. The van der Waals surface area contributed by atoms with E-state index in [9.17, 15) is 8.42 Å². The molecule has 1 N–H and O–H groups in total. The van der Waals surface area contributed by atoms with Crippen molar-refractivity contribution in [3.8, 4) is 0 Å². The van der Waals surface area contributed by atoms with Gasteiger partial charge in [0.15, 0.2) is 0 Å². The standard InChI is InChI=1S/C10H19NO3S/c12-8-9-5-6-11(7-9)15(13,14)10-3-1-2-4-10/h9-10,12H,1-8H2. The highest BCUT2D eigenvalue weighted by molar-refractivity contribution is 7.89. The number of sulfonamides is 1. The molecule has 88 valence electrons. The van der Waals surface area contributed by atoms with Crippen LogP contribution in [-0.2, 0) is 10.0 Å². The normalized spacial score (nSPS) is 30.1. The fourth-order valence-corrected chi connectivity index (χ4v) is 4.70. The smallest absolute Gasteiger partial charge is 0.216 e. The van der Waals surface area contributed by atoms with Crippen LogP contribution in [0.1, 0.15) is 32.1 Å². The largest absolute Gasteiger partial charge is 0.396 e. The first kappa shape index (κ1) is 11.4. The third kappa shape index (κ3) is 2.19. The van der Waals surface area contributed by atoms with Crippen molar-refractivity contribution < 1.29 is 13.5 Å². The molecule has 15 heavy (non-hydrogen) atoms. The minimum absolute atomic E-state index is 0.108. The molecular weight excluding hydrogens is 214 g/mol. The molecule has 0 aromatic heterocycles. The van der Waals surface area contributed by atoms with E-state index in [4.69, 9.17) is 5.11 Å². The van der Waals surface area contributed by atoms with E-state index < -0.39 is 10.0 Å². The van der Waals surface area contributed by atoms with Gasteiger partial charge in [0.05, 0.1) is 5.25 Å². The molecule has 1 heterocycles. The second kappa shape index (κ2) is 4.39. The Morgan fingerprint density at radius 2 is 1.87 bits per heavy atom. The average molecular weight is 233 g/mol. The first-order valence-electron chi connectivity index (χ1n) is 5.74. The Morgan fingerprint density at radius 1 is 1.20 bits per heavy atom. The molecule has 1 aliphatic heterocycles. The van der Waals surface area contributed by atoms with Gasteiger partial charge in [0, 0.05) is 19.7 Å². The molecule has 4 nitrogen and oxygen atoms in total. The van der Waals surface area contributed by atoms with Crippen molar-refractivity contribution in [2.24, 2.45) is 5.92 Å². The third-order valence-electron chi connectivity index (χ3n) is 3.59. The molecular formula is C10H19NO3S. The van der Waals surface area contributed by atoms with E-state index >= 15 is 0 Å². The first-order chi connectivity index (χ1) is 7.14. The number of aliphatic hydroxyl groups is 1. The van der Waals surface area contributed by atoms with E-state index in [0.717, 1.165) is 32.1 Å². The van der Waals surface area contributed by atoms with Crippen LogP contribution in [0.3, 0.4) is 0 Å². The van der Waals surface area contributed by atoms with Gasteiger partial charge in [0.2, 0.25) is 10.0 Å². The van der Waals surface area contributed by atoms with Gasteiger partial charge in [-0.3, -0.25) is 0 Å². The molecule has 0 amide bonds. The topological polar surface area (TPSA) is 57.6 Å². The summed E-state index contributed by atoms with van der Waals surface area (Å²) in [5.74, 6) is 0.154. The number of hydrogen-bond donors (Lipinski definition) is 1. The number of nitrogens with zero attached hydrogens (tertiary/aromatic N) is 1. The molecule has 1 unspecified atom stereocenters. The van der Waals surface area contributed by atoms with Gasteiger partial charge in [0.25, 0.3) is 0 Å². The maximum Gasteiger partial charge on any atom is 0.216 e. The van der Waals surface area contributed by atoms with Crippen molar-refractivity contribution in [2.75, 3.05) is 19.7 Å². The molecule has 1 atom stereocenters. The van der Waals surface area contributed by atoms with Crippen LogP contribution in [0.5, 0.6) is 0 Å². The van der Waals surface area contributed by atoms with Crippen molar-refractivity contribution in [1.82, 2.24) is 4.31 Å². The molecule has 0 spiro atoms. The summed E-state index contributed by atoms with van der Waals surface area (Å²) >= 11 is 0. The lowest BCUT2D eigenvalue weighted by Gasteiger charge is -2.20. The van der Waals surface area contributed by atoms with Crippen molar-refractivity contribution in [3.63, 3.8) is 0 Å². The highest BCUT2D eigenvalue weighted by Gasteiger charge is 2.37. The Bertz CT molecular complexity index is 309. The van der Waals surface area contributed by atoms with Crippen LogP contribution in [0.15, 0.2) is 0 Å². The fraction of sp³-hybridized carbons (Fsp3) is 1.00. The summed E-state index contributed by atoms with van der Waals surface area (Å²) in [5, 5.41) is 8.85. The van der Waals surface area contributed by atoms with Gasteiger partial charge in [-0.05, 0) is 25.2 Å². The SMILES string of the molecule is O=S(=O)(C1CCCC1)N1CCC(CO)C1. The van der Waals surface area contributed by atoms with Gasteiger partial charge in [-0.15, -0.1) is 0 Å². The predicted molar refractivity (Wildman–Crippen MR) is 57.9 cm³/mol. The molecule has 0 aromatic carbocycles. The van der Waals surface area contributed by atoms with Crippen LogP contribution in [-0.4, -0.2) is 42.8 Å². The van der Waals surface area contributed by atoms with E-state index in [1.807, 2.05) is 0 Å². The second-order valence-electron chi connectivity index (χ2n) is 4.65. The number of rotatable bonds is 3. The van der Waals surface area contributed by atoms with Crippen LogP contribution in [0.4, 0.5) is 0 Å². The van der Waals surface area contributed by atoms with Crippen molar-refractivity contribution in [3.05, 3.63) is 0 Å². The van der Waals surface area contributed by atoms with Crippen molar-refractivity contribution in [1.29, 1.82) is 0 Å². The Kier molecular flexibility index (Phi) is 3.33. The van der Waals surface area contributed by atoms with E-state index in [1.54, 1.807) is 4.31 Å². The second-order valence-corrected chi connectivity index (χ2v) is 6.86. The maximum absolute atomic E-state index is 12.1. The molecule has 1 saturated carbocycles. The molecule has 2 fully saturated rings. The Morgan fingerprint density at radius 3 is 2.40 bits per heavy atom. The van der Waals surface area contributed by atoms with Crippen LogP contribution < -0.4 is 0 Å². The first-order valence-corrected chi connectivity index (χ1v) is 7.24. The van der Waals surface area contributed by atoms with Gasteiger partial charge >= 0.3 is 0 Å². The number of hydrogen-bond acceptors (Lipinski definition) is 3. The number of aliphatic hydroxyl groups excluding tert-OH is 1. The summed E-state index contributed by atoms with van der Waals surface area (Å²) in [6, 6.07) is 0. The zero-order valence-electron chi connectivity index (χ0n) is 8.93. The lowest BCUT2D eigenvalue weighted by molar-refractivity contribution is 0.233. The average Bonchev–Trinajstić information content (AvgIpc) is 2.89. The highest BCUT2D eigenvalue weighted by atomic mass is 32.2. The van der Waals surface area contributed by atoms with E-state index in [-0.39, 0.29) is 17.8 Å². The van der Waals surface area contributed by atoms with Crippen molar-refractivity contribution >= 4 is 10.0 Å². The lowest BCUT2D eigenvalue weighted by Crippen LogP contribution is -2.36. The minimum atomic E-state index is -3.06. The van der Waals surface area contributed by atoms with Gasteiger partial charge in [0.1, 0.15) is 0 Å². The molecule has 5 heteroatoms. The Labute approximate surface area is 91.3 Å². The molecule has 2 rings (SSSR count). The maximum atomic E-state index is 12.1. The van der Waals surface area contributed by atoms with Crippen molar-refractivity contribution in [2.45, 2.75) is 37.4 Å². The van der Waals surface area contributed by atoms with Gasteiger partial charge in [-0.25, -0.2) is 12.7 Å². The molecule has 0 radical (unpaired) electrons. The van der Waals surface area contributed by atoms with Crippen LogP contribution in [0.2, 0.25) is 0 Å². The van der Waals surface area contributed by atoms with Gasteiger partial charge < -0.3 is 5.11 Å². The predicted octanol–water partition coefficient (Wildman–Crippen LogP) is 0.573. The summed E-state index contributed by atoms with van der Waals surface area (Å²) in [6.07, 6.45) is 4.54. The fourth-order valence-electron chi connectivity index (χ4n) is 2.57.